The molecular formula is C20H22N4O. The van der Waals surface area contributed by atoms with Crippen LogP contribution in [0, 0.1) is 13.8 Å². The standard InChI is InChI=1S/C20H22N4O/c1-13-9-14(2)11-15(10-13)24-19-7-3-5-17(16(19)12-22-24)23-20(25)18-6-4-8-21-18/h4,6,8-12,17,21H,3,5,7H2,1-2H3,(H,23,25)/t17-/m1/s1. The van der Waals surface area contributed by atoms with E-state index in [1.807, 2.05) is 16.9 Å². The molecule has 0 bridgehead atoms. The Morgan fingerprint density at radius 1 is 1.28 bits per heavy atom. The molecule has 2 aromatic heterocycles. The summed E-state index contributed by atoms with van der Waals surface area (Å²) < 4.78 is 2.03. The van der Waals surface area contributed by atoms with Crippen LogP contribution >= 0.6 is 0 Å². The van der Waals surface area contributed by atoms with Gasteiger partial charge in [0.05, 0.1) is 17.9 Å². The molecule has 0 aliphatic heterocycles. The topological polar surface area (TPSA) is 62.7 Å². The first-order chi connectivity index (χ1) is 12.1. The van der Waals surface area contributed by atoms with Crippen molar-refractivity contribution in [2.45, 2.75) is 39.2 Å². The summed E-state index contributed by atoms with van der Waals surface area (Å²) in [6, 6.07) is 10.1. The zero-order valence-electron chi connectivity index (χ0n) is 14.5. The van der Waals surface area contributed by atoms with E-state index in [9.17, 15) is 4.79 Å². The number of hydrogen-bond acceptors (Lipinski definition) is 2. The van der Waals surface area contributed by atoms with Gasteiger partial charge in [-0.1, -0.05) is 6.07 Å². The highest BCUT2D eigenvalue weighted by Crippen LogP contribution is 2.31. The van der Waals surface area contributed by atoms with E-state index in [1.165, 1.54) is 16.8 Å². The van der Waals surface area contributed by atoms with Crippen molar-refractivity contribution in [1.82, 2.24) is 20.1 Å². The minimum atomic E-state index is -0.0676. The molecule has 0 saturated carbocycles. The molecule has 25 heavy (non-hydrogen) atoms. The van der Waals surface area contributed by atoms with Gasteiger partial charge in [0.1, 0.15) is 5.69 Å². The number of nitrogens with zero attached hydrogens (tertiary/aromatic N) is 2. The highest BCUT2D eigenvalue weighted by atomic mass is 16.1. The summed E-state index contributed by atoms with van der Waals surface area (Å²) in [5.74, 6) is -0.0676. The van der Waals surface area contributed by atoms with E-state index in [1.54, 1.807) is 12.3 Å². The third kappa shape index (κ3) is 2.97. The van der Waals surface area contributed by atoms with Gasteiger partial charge in [-0.3, -0.25) is 4.79 Å². The normalized spacial score (nSPS) is 16.5. The number of carbonyl (C=O) groups excluding carboxylic acids is 1. The predicted molar refractivity (Wildman–Crippen MR) is 97.0 cm³/mol. The van der Waals surface area contributed by atoms with E-state index in [2.05, 4.69) is 47.4 Å². The quantitative estimate of drug-likeness (QED) is 0.768. The molecular weight excluding hydrogens is 312 g/mol. The number of aromatic amines is 1. The van der Waals surface area contributed by atoms with Crippen molar-refractivity contribution >= 4 is 5.91 Å². The van der Waals surface area contributed by atoms with Crippen molar-refractivity contribution in [3.05, 3.63) is 70.8 Å². The Bertz CT molecular complexity index is 888. The molecule has 0 radical (unpaired) electrons. The number of rotatable bonds is 3. The van der Waals surface area contributed by atoms with Gasteiger partial charge in [-0.05, 0) is 68.5 Å². The molecule has 3 aromatic rings. The van der Waals surface area contributed by atoms with Crippen molar-refractivity contribution in [3.8, 4) is 5.69 Å². The maximum atomic E-state index is 12.4. The number of aromatic nitrogens is 3. The summed E-state index contributed by atoms with van der Waals surface area (Å²) in [5.41, 5.74) is 6.47. The van der Waals surface area contributed by atoms with E-state index in [0.717, 1.165) is 30.5 Å². The molecule has 0 unspecified atom stereocenters. The summed E-state index contributed by atoms with van der Waals surface area (Å²) in [6.45, 7) is 4.21. The third-order valence-corrected chi connectivity index (χ3v) is 4.78. The van der Waals surface area contributed by atoms with E-state index >= 15 is 0 Å². The van der Waals surface area contributed by atoms with Crippen LogP contribution in [0.1, 0.15) is 51.8 Å². The van der Waals surface area contributed by atoms with Crippen LogP contribution in [0.3, 0.4) is 0 Å². The van der Waals surface area contributed by atoms with E-state index < -0.39 is 0 Å². The van der Waals surface area contributed by atoms with Crippen molar-refractivity contribution in [3.63, 3.8) is 0 Å². The van der Waals surface area contributed by atoms with E-state index in [0.29, 0.717) is 5.69 Å². The lowest BCUT2D eigenvalue weighted by Gasteiger charge is -2.24. The van der Waals surface area contributed by atoms with Gasteiger partial charge in [0.2, 0.25) is 0 Å². The second kappa shape index (κ2) is 6.24. The molecule has 2 heterocycles. The first-order valence-corrected chi connectivity index (χ1v) is 8.71. The largest absolute Gasteiger partial charge is 0.357 e. The second-order valence-electron chi connectivity index (χ2n) is 6.81. The molecule has 1 amide bonds. The van der Waals surface area contributed by atoms with Crippen LogP contribution in [-0.4, -0.2) is 20.7 Å². The minimum absolute atomic E-state index is 0.0132. The van der Waals surface area contributed by atoms with Crippen LogP contribution in [0.4, 0.5) is 0 Å². The summed E-state index contributed by atoms with van der Waals surface area (Å²) in [4.78, 5) is 15.3. The molecule has 5 heteroatoms. The Morgan fingerprint density at radius 2 is 2.08 bits per heavy atom. The van der Waals surface area contributed by atoms with Gasteiger partial charge in [-0.15, -0.1) is 0 Å². The minimum Gasteiger partial charge on any atom is -0.357 e. The summed E-state index contributed by atoms with van der Waals surface area (Å²) in [5, 5.41) is 7.77. The molecule has 5 nitrogen and oxygen atoms in total. The smallest absolute Gasteiger partial charge is 0.268 e. The Balaban J connectivity index is 1.65. The lowest BCUT2D eigenvalue weighted by Crippen LogP contribution is -2.31. The summed E-state index contributed by atoms with van der Waals surface area (Å²) in [7, 11) is 0. The Kier molecular flexibility index (Phi) is 3.92. The Labute approximate surface area is 147 Å². The van der Waals surface area contributed by atoms with Crippen LogP contribution in [0.25, 0.3) is 5.69 Å². The number of benzene rings is 1. The van der Waals surface area contributed by atoms with Crippen molar-refractivity contribution in [2.24, 2.45) is 0 Å². The molecule has 1 aliphatic carbocycles. The Hall–Kier alpha value is -2.82. The number of hydrogen-bond donors (Lipinski definition) is 2. The Morgan fingerprint density at radius 3 is 2.80 bits per heavy atom. The maximum absolute atomic E-state index is 12.4. The third-order valence-electron chi connectivity index (χ3n) is 4.78. The van der Waals surface area contributed by atoms with Crippen molar-refractivity contribution in [2.75, 3.05) is 0 Å². The fourth-order valence-electron chi connectivity index (χ4n) is 3.71. The first kappa shape index (κ1) is 15.7. The van der Waals surface area contributed by atoms with Crippen molar-refractivity contribution in [1.29, 1.82) is 0 Å². The predicted octanol–water partition coefficient (Wildman–Crippen LogP) is 3.62. The van der Waals surface area contributed by atoms with Gasteiger partial charge in [-0.2, -0.15) is 5.10 Å². The molecule has 1 aliphatic rings. The zero-order chi connectivity index (χ0) is 17.4. The first-order valence-electron chi connectivity index (χ1n) is 8.71. The number of nitrogens with one attached hydrogen (secondary N) is 2. The molecule has 1 aromatic carbocycles. The summed E-state index contributed by atoms with van der Waals surface area (Å²) in [6.07, 6.45) is 6.64. The number of fused-ring (bicyclic) bond motifs is 1. The zero-order valence-corrected chi connectivity index (χ0v) is 14.5. The molecule has 128 valence electrons. The number of carbonyl (C=O) groups is 1. The van der Waals surface area contributed by atoms with Crippen molar-refractivity contribution < 1.29 is 4.79 Å². The average Bonchev–Trinajstić information content (AvgIpc) is 3.24. The van der Waals surface area contributed by atoms with Gasteiger partial charge in [0.15, 0.2) is 0 Å². The van der Waals surface area contributed by atoms with Crippen LogP contribution in [-0.2, 0) is 6.42 Å². The van der Waals surface area contributed by atoms with Gasteiger partial charge in [0.25, 0.3) is 5.91 Å². The molecule has 4 rings (SSSR count). The van der Waals surface area contributed by atoms with Crippen LogP contribution in [0.5, 0.6) is 0 Å². The van der Waals surface area contributed by atoms with E-state index in [-0.39, 0.29) is 11.9 Å². The molecule has 1 atom stereocenters. The van der Waals surface area contributed by atoms with Gasteiger partial charge in [0, 0.05) is 17.5 Å². The SMILES string of the molecule is Cc1cc(C)cc(-n2ncc3c2CCC[C@H]3NC(=O)c2ccc[nH]2)c1. The number of H-pyrrole nitrogens is 1. The molecule has 0 fully saturated rings. The van der Waals surface area contributed by atoms with Crippen LogP contribution in [0.2, 0.25) is 0 Å². The summed E-state index contributed by atoms with van der Waals surface area (Å²) >= 11 is 0. The van der Waals surface area contributed by atoms with Crippen LogP contribution in [0.15, 0.2) is 42.7 Å². The monoisotopic (exact) mass is 334 g/mol. The lowest BCUT2D eigenvalue weighted by atomic mass is 9.92. The highest BCUT2D eigenvalue weighted by Gasteiger charge is 2.26. The van der Waals surface area contributed by atoms with E-state index in [4.69, 9.17) is 0 Å². The maximum Gasteiger partial charge on any atom is 0.268 e. The molecule has 2 N–H and O–H groups in total. The average molecular weight is 334 g/mol. The van der Waals surface area contributed by atoms with Crippen LogP contribution < -0.4 is 5.32 Å². The second-order valence-corrected chi connectivity index (χ2v) is 6.81. The van der Waals surface area contributed by atoms with Gasteiger partial charge >= 0.3 is 0 Å². The molecule has 0 spiro atoms. The van der Waals surface area contributed by atoms with Gasteiger partial charge in [-0.25, -0.2) is 4.68 Å². The van der Waals surface area contributed by atoms with Gasteiger partial charge < -0.3 is 10.3 Å². The molecule has 0 saturated heterocycles. The lowest BCUT2D eigenvalue weighted by molar-refractivity contribution is 0.0928. The highest BCUT2D eigenvalue weighted by molar-refractivity contribution is 5.92. The fraction of sp³-hybridized carbons (Fsp3) is 0.300. The number of aryl methyl sites for hydroxylation is 2. The fourth-order valence-corrected chi connectivity index (χ4v) is 3.71. The number of amides is 1.